The Labute approximate surface area is 107 Å². The van der Waals surface area contributed by atoms with E-state index in [1.54, 1.807) is 6.07 Å². The third-order valence-electron chi connectivity index (χ3n) is 4.00. The fourth-order valence-corrected chi connectivity index (χ4v) is 3.00. The number of hydrogen-bond acceptors (Lipinski definition) is 4. The molecule has 94 valence electrons. The van der Waals surface area contributed by atoms with Crippen LogP contribution < -0.4 is 11.1 Å². The van der Waals surface area contributed by atoms with Gasteiger partial charge in [-0.3, -0.25) is 0 Å². The summed E-state index contributed by atoms with van der Waals surface area (Å²) in [5.41, 5.74) is 7.80. The molecule has 3 rings (SSSR count). The summed E-state index contributed by atoms with van der Waals surface area (Å²) in [7, 11) is 0. The molecule has 4 nitrogen and oxygen atoms in total. The van der Waals surface area contributed by atoms with Gasteiger partial charge in [0.15, 0.2) is 0 Å². The molecule has 0 aromatic heterocycles. The van der Waals surface area contributed by atoms with Gasteiger partial charge in [-0.2, -0.15) is 5.26 Å². The number of nitriles is 1. The number of anilines is 1. The van der Waals surface area contributed by atoms with E-state index in [1.807, 2.05) is 18.2 Å². The molecule has 0 spiro atoms. The maximum atomic E-state index is 8.88. The van der Waals surface area contributed by atoms with E-state index in [9.17, 15) is 0 Å². The van der Waals surface area contributed by atoms with Gasteiger partial charge in [-0.05, 0) is 31.0 Å². The summed E-state index contributed by atoms with van der Waals surface area (Å²) >= 11 is 0. The summed E-state index contributed by atoms with van der Waals surface area (Å²) in [5, 5.41) is 12.3. The van der Waals surface area contributed by atoms with Gasteiger partial charge < -0.3 is 15.8 Å². The Balaban J connectivity index is 1.71. The highest BCUT2D eigenvalue weighted by Crippen LogP contribution is 2.38. The van der Waals surface area contributed by atoms with Crippen LogP contribution in [0.5, 0.6) is 0 Å². The first-order valence-electron chi connectivity index (χ1n) is 6.43. The second-order valence-corrected chi connectivity index (χ2v) is 5.08. The zero-order valence-electron chi connectivity index (χ0n) is 10.2. The normalized spacial score (nSPS) is 34.0. The Morgan fingerprint density at radius 2 is 2.33 bits per heavy atom. The van der Waals surface area contributed by atoms with Crippen LogP contribution in [0, 0.1) is 17.2 Å². The molecule has 1 aliphatic carbocycles. The van der Waals surface area contributed by atoms with Crippen LogP contribution in [0.4, 0.5) is 5.69 Å². The van der Waals surface area contributed by atoms with Gasteiger partial charge in [0, 0.05) is 24.3 Å². The standard InChI is InChI=1S/C14H17N3O/c15-8-9-3-1-4-10(7-9)17-13-12(16)11-5-2-6-18-14(11)13/h1,3-4,7,11-14,17H,2,5-6,16H2. The Morgan fingerprint density at radius 1 is 1.44 bits per heavy atom. The highest BCUT2D eigenvalue weighted by atomic mass is 16.5. The maximum Gasteiger partial charge on any atom is 0.0992 e. The lowest BCUT2D eigenvalue weighted by molar-refractivity contribution is -0.104. The highest BCUT2D eigenvalue weighted by molar-refractivity contribution is 5.51. The minimum Gasteiger partial charge on any atom is -0.378 e. The van der Waals surface area contributed by atoms with Crippen molar-refractivity contribution in [3.05, 3.63) is 29.8 Å². The average molecular weight is 243 g/mol. The summed E-state index contributed by atoms with van der Waals surface area (Å²) in [6.07, 6.45) is 2.52. The summed E-state index contributed by atoms with van der Waals surface area (Å²) in [5.74, 6) is 0.496. The van der Waals surface area contributed by atoms with Crippen LogP contribution in [-0.4, -0.2) is 24.8 Å². The van der Waals surface area contributed by atoms with Crippen molar-refractivity contribution >= 4 is 5.69 Å². The van der Waals surface area contributed by atoms with Crippen molar-refractivity contribution < 1.29 is 4.74 Å². The number of benzene rings is 1. The first-order chi connectivity index (χ1) is 8.79. The molecule has 0 amide bonds. The SMILES string of the molecule is N#Cc1cccc(NC2C(N)C3CCCOC32)c1. The number of rotatable bonds is 2. The van der Waals surface area contributed by atoms with E-state index in [0.29, 0.717) is 11.5 Å². The Bertz CT molecular complexity index is 482. The van der Waals surface area contributed by atoms with Crippen LogP contribution in [0.3, 0.4) is 0 Å². The van der Waals surface area contributed by atoms with Crippen molar-refractivity contribution in [1.82, 2.24) is 0 Å². The lowest BCUT2D eigenvalue weighted by Gasteiger charge is -2.52. The van der Waals surface area contributed by atoms with Crippen molar-refractivity contribution in [2.24, 2.45) is 11.7 Å². The molecule has 2 fully saturated rings. The minimum absolute atomic E-state index is 0.154. The molecule has 4 heteroatoms. The zero-order chi connectivity index (χ0) is 12.5. The van der Waals surface area contributed by atoms with Crippen LogP contribution in [0.1, 0.15) is 18.4 Å². The predicted octanol–water partition coefficient (Wildman–Crippen LogP) is 1.47. The van der Waals surface area contributed by atoms with Gasteiger partial charge in [0.05, 0.1) is 23.8 Å². The molecule has 3 N–H and O–H groups in total. The van der Waals surface area contributed by atoms with E-state index < -0.39 is 0 Å². The highest BCUT2D eigenvalue weighted by Gasteiger charge is 2.50. The van der Waals surface area contributed by atoms with Crippen molar-refractivity contribution in [2.45, 2.75) is 31.0 Å². The quantitative estimate of drug-likeness (QED) is 0.825. The summed E-state index contributed by atoms with van der Waals surface area (Å²) < 4.78 is 5.78. The number of nitrogens with zero attached hydrogens (tertiary/aromatic N) is 1. The molecule has 1 saturated carbocycles. The monoisotopic (exact) mass is 243 g/mol. The van der Waals surface area contributed by atoms with Crippen LogP contribution in [-0.2, 0) is 4.74 Å². The molecule has 1 saturated heterocycles. The average Bonchev–Trinajstić information content (AvgIpc) is 2.44. The third kappa shape index (κ3) is 1.86. The molecule has 0 radical (unpaired) electrons. The Morgan fingerprint density at radius 3 is 3.17 bits per heavy atom. The number of ether oxygens (including phenoxy) is 1. The smallest absolute Gasteiger partial charge is 0.0992 e. The lowest BCUT2D eigenvalue weighted by atomic mass is 9.68. The lowest BCUT2D eigenvalue weighted by Crippen LogP contribution is -2.69. The molecular weight excluding hydrogens is 226 g/mol. The van der Waals surface area contributed by atoms with E-state index in [0.717, 1.165) is 18.7 Å². The van der Waals surface area contributed by atoms with Crippen LogP contribution in [0.15, 0.2) is 24.3 Å². The molecule has 1 aliphatic heterocycles. The molecule has 0 bridgehead atoms. The number of hydrogen-bond donors (Lipinski definition) is 2. The largest absolute Gasteiger partial charge is 0.378 e. The van der Waals surface area contributed by atoms with Crippen molar-refractivity contribution in [1.29, 1.82) is 5.26 Å². The molecule has 1 heterocycles. The fraction of sp³-hybridized carbons (Fsp3) is 0.500. The van der Waals surface area contributed by atoms with E-state index in [4.69, 9.17) is 15.7 Å². The van der Waals surface area contributed by atoms with Gasteiger partial charge in [0.25, 0.3) is 0 Å². The number of nitrogens with two attached hydrogens (primary N) is 1. The Kier molecular flexibility index (Phi) is 2.94. The minimum atomic E-state index is 0.154. The van der Waals surface area contributed by atoms with Gasteiger partial charge in [0.2, 0.25) is 0 Å². The summed E-state index contributed by atoms with van der Waals surface area (Å²) in [6, 6.07) is 9.95. The predicted molar refractivity (Wildman–Crippen MR) is 69.0 cm³/mol. The second kappa shape index (κ2) is 4.60. The Hall–Kier alpha value is -1.57. The number of fused-ring (bicyclic) bond motifs is 1. The van der Waals surface area contributed by atoms with Crippen molar-refractivity contribution in [2.75, 3.05) is 11.9 Å². The molecule has 2 aliphatic rings. The molecule has 1 aromatic rings. The van der Waals surface area contributed by atoms with E-state index >= 15 is 0 Å². The molecule has 4 atom stereocenters. The fourth-order valence-electron chi connectivity index (χ4n) is 3.00. The zero-order valence-corrected chi connectivity index (χ0v) is 10.2. The first kappa shape index (κ1) is 11.5. The molecule has 18 heavy (non-hydrogen) atoms. The first-order valence-corrected chi connectivity index (χ1v) is 6.43. The maximum absolute atomic E-state index is 8.88. The van der Waals surface area contributed by atoms with E-state index in [-0.39, 0.29) is 18.2 Å². The van der Waals surface area contributed by atoms with Gasteiger partial charge in [-0.25, -0.2) is 0 Å². The van der Waals surface area contributed by atoms with Gasteiger partial charge in [-0.15, -0.1) is 0 Å². The van der Waals surface area contributed by atoms with Crippen LogP contribution in [0.2, 0.25) is 0 Å². The third-order valence-corrected chi connectivity index (χ3v) is 4.00. The molecule has 1 aromatic carbocycles. The van der Waals surface area contributed by atoms with Crippen molar-refractivity contribution in [3.63, 3.8) is 0 Å². The number of nitrogens with one attached hydrogen (secondary N) is 1. The van der Waals surface area contributed by atoms with Crippen LogP contribution >= 0.6 is 0 Å². The van der Waals surface area contributed by atoms with E-state index in [2.05, 4.69) is 11.4 Å². The molecule has 4 unspecified atom stereocenters. The summed E-state index contributed by atoms with van der Waals surface area (Å²) in [6.45, 7) is 0.838. The topological polar surface area (TPSA) is 71.1 Å². The van der Waals surface area contributed by atoms with Gasteiger partial charge in [-0.1, -0.05) is 6.07 Å². The van der Waals surface area contributed by atoms with E-state index in [1.165, 1.54) is 6.42 Å². The molecular formula is C14H17N3O. The van der Waals surface area contributed by atoms with Crippen LogP contribution in [0.25, 0.3) is 0 Å². The summed E-state index contributed by atoms with van der Waals surface area (Å²) in [4.78, 5) is 0. The van der Waals surface area contributed by atoms with Crippen molar-refractivity contribution in [3.8, 4) is 6.07 Å². The second-order valence-electron chi connectivity index (χ2n) is 5.08. The van der Waals surface area contributed by atoms with Gasteiger partial charge >= 0.3 is 0 Å². The van der Waals surface area contributed by atoms with Gasteiger partial charge in [0.1, 0.15) is 0 Å².